The highest BCUT2D eigenvalue weighted by atomic mass is 15.5. The van der Waals surface area contributed by atoms with Crippen LogP contribution in [0, 0.1) is 59.3 Å². The molecule has 3 aromatic carbocycles. The summed E-state index contributed by atoms with van der Waals surface area (Å²) in [7, 11) is 0. The molecule has 0 amide bonds. The van der Waals surface area contributed by atoms with E-state index in [-0.39, 0.29) is 12.3 Å². The summed E-state index contributed by atoms with van der Waals surface area (Å²) in [5, 5.41) is 9.61. The van der Waals surface area contributed by atoms with E-state index in [1.165, 1.54) is 93.9 Å². The molecule has 0 radical (unpaired) electrons. The van der Waals surface area contributed by atoms with E-state index in [4.69, 9.17) is 10.3 Å². The topological polar surface area (TPSA) is 30.7 Å². The van der Waals surface area contributed by atoms with E-state index >= 15 is 0 Å². The lowest BCUT2D eigenvalue weighted by molar-refractivity contribution is -0.0502. The molecular weight excluding hydrogens is 485 g/mol. The fourth-order valence-electron chi connectivity index (χ4n) is 9.62. The molecule has 40 heavy (non-hydrogen) atoms. The van der Waals surface area contributed by atoms with Gasteiger partial charge in [0.05, 0.1) is 11.7 Å². The molecule has 4 saturated carbocycles. The van der Waals surface area contributed by atoms with Gasteiger partial charge in [-0.3, -0.25) is 0 Å². The van der Waals surface area contributed by atoms with Gasteiger partial charge in [0.25, 0.3) is 0 Å². The molecule has 0 unspecified atom stereocenters. The van der Waals surface area contributed by atoms with Crippen LogP contribution in [0.15, 0.2) is 54.7 Å². The standard InChI is InChI=1S/C36H42BN3/c1-22-10-24(3)34(25(4)11-22)37(35-26(5)12-23(2)13-27(35)6)32-9-7-8-31(17-32)33-21-40(39-38-33)36-18-28-14-29(19-36)16-30(15-28)20-36/h7-13,17,21,28-30H,14-16,18-20H2,1-6H3. The summed E-state index contributed by atoms with van der Waals surface area (Å²) >= 11 is 0. The molecule has 8 rings (SSSR count). The molecule has 0 saturated heterocycles. The average molecular weight is 528 g/mol. The fraction of sp³-hybridized carbons (Fsp3) is 0.444. The Morgan fingerprint density at radius 1 is 0.700 bits per heavy atom. The number of rotatable bonds is 5. The number of hydrogen-bond donors (Lipinski definition) is 0. The van der Waals surface area contributed by atoms with Gasteiger partial charge in [0.15, 0.2) is 0 Å². The predicted octanol–water partition coefficient (Wildman–Crippen LogP) is 6.24. The zero-order chi connectivity index (χ0) is 27.8. The van der Waals surface area contributed by atoms with E-state index in [0.717, 1.165) is 23.4 Å². The van der Waals surface area contributed by atoms with Crippen LogP contribution in [0.2, 0.25) is 0 Å². The van der Waals surface area contributed by atoms with Crippen molar-refractivity contribution in [3.8, 4) is 11.3 Å². The summed E-state index contributed by atoms with van der Waals surface area (Å²) in [4.78, 5) is 0. The van der Waals surface area contributed by atoms with Crippen LogP contribution in [-0.4, -0.2) is 21.7 Å². The SMILES string of the molecule is Cc1cc(C)c(B(c2cccc(-c3cn(C45CC6CC(CC(C6)C4)C5)nn3)c2)c2c(C)cc(C)cc2C)c(C)c1. The van der Waals surface area contributed by atoms with Crippen molar-refractivity contribution in [2.24, 2.45) is 17.8 Å². The van der Waals surface area contributed by atoms with Crippen molar-refractivity contribution >= 4 is 23.1 Å². The Morgan fingerprint density at radius 3 is 1.70 bits per heavy atom. The molecule has 4 heteroatoms. The molecule has 4 aliphatic rings. The van der Waals surface area contributed by atoms with E-state index in [1.54, 1.807) is 0 Å². The number of nitrogens with zero attached hydrogens (tertiary/aromatic N) is 3. The van der Waals surface area contributed by atoms with E-state index in [0.29, 0.717) is 0 Å². The van der Waals surface area contributed by atoms with Crippen LogP contribution >= 0.6 is 0 Å². The van der Waals surface area contributed by atoms with Gasteiger partial charge < -0.3 is 0 Å². The first-order valence-corrected chi connectivity index (χ1v) is 15.4. The largest absolute Gasteiger partial charge is 0.246 e. The summed E-state index contributed by atoms with van der Waals surface area (Å²) in [6, 6.07) is 18.5. The van der Waals surface area contributed by atoms with Gasteiger partial charge in [-0.25, -0.2) is 4.68 Å². The van der Waals surface area contributed by atoms with Crippen molar-refractivity contribution < 1.29 is 0 Å². The number of benzene rings is 3. The Hall–Kier alpha value is -3.14. The Morgan fingerprint density at radius 2 is 1.20 bits per heavy atom. The summed E-state index contributed by atoms with van der Waals surface area (Å²) < 4.78 is 2.29. The zero-order valence-electron chi connectivity index (χ0n) is 25.1. The van der Waals surface area contributed by atoms with Crippen molar-refractivity contribution in [3.05, 3.63) is 88.1 Å². The summed E-state index contributed by atoms with van der Waals surface area (Å²) in [5.74, 6) is 2.68. The van der Waals surface area contributed by atoms with Crippen LogP contribution in [0.3, 0.4) is 0 Å². The van der Waals surface area contributed by atoms with Gasteiger partial charge in [-0.15, -0.1) is 5.10 Å². The first kappa shape index (κ1) is 25.8. The zero-order valence-corrected chi connectivity index (χ0v) is 25.1. The highest BCUT2D eigenvalue weighted by Crippen LogP contribution is 2.58. The first-order chi connectivity index (χ1) is 19.2. The molecule has 3 nitrogen and oxygen atoms in total. The Balaban J connectivity index is 1.32. The Kier molecular flexibility index (Phi) is 6.11. The Bertz CT molecular complexity index is 1470. The van der Waals surface area contributed by atoms with Gasteiger partial charge in [-0.1, -0.05) is 104 Å². The number of hydrogen-bond acceptors (Lipinski definition) is 2. The van der Waals surface area contributed by atoms with Crippen LogP contribution in [0.25, 0.3) is 11.3 Å². The molecule has 4 aromatic rings. The maximum Gasteiger partial charge on any atom is 0.242 e. The fourth-order valence-corrected chi connectivity index (χ4v) is 9.62. The van der Waals surface area contributed by atoms with Gasteiger partial charge in [0.1, 0.15) is 5.69 Å². The lowest BCUT2D eigenvalue weighted by Gasteiger charge is -2.56. The lowest BCUT2D eigenvalue weighted by atomic mass is 9.34. The van der Waals surface area contributed by atoms with E-state index in [1.807, 2.05) is 0 Å². The van der Waals surface area contributed by atoms with E-state index < -0.39 is 0 Å². The normalized spacial score (nSPS) is 25.0. The molecule has 0 atom stereocenters. The highest BCUT2D eigenvalue weighted by molar-refractivity contribution is 6.96. The summed E-state index contributed by atoms with van der Waals surface area (Å²) in [6.07, 6.45) is 10.5. The molecule has 4 aliphatic carbocycles. The second-order valence-corrected chi connectivity index (χ2v) is 13.9. The first-order valence-electron chi connectivity index (χ1n) is 15.4. The monoisotopic (exact) mass is 527 g/mol. The highest BCUT2D eigenvalue weighted by Gasteiger charge is 2.52. The Labute approximate surface area is 240 Å². The molecule has 4 fully saturated rings. The molecule has 1 aromatic heterocycles. The summed E-state index contributed by atoms with van der Waals surface area (Å²) in [5.41, 5.74) is 14.6. The smallest absolute Gasteiger partial charge is 0.242 e. The second kappa shape index (κ2) is 9.47. The molecule has 4 bridgehead atoms. The third-order valence-corrected chi connectivity index (χ3v) is 10.6. The van der Waals surface area contributed by atoms with Crippen molar-refractivity contribution in [1.82, 2.24) is 15.0 Å². The van der Waals surface area contributed by atoms with Crippen LogP contribution in [0.1, 0.15) is 71.9 Å². The minimum absolute atomic E-state index is 0.166. The van der Waals surface area contributed by atoms with Crippen molar-refractivity contribution in [2.45, 2.75) is 85.6 Å². The maximum atomic E-state index is 4.82. The van der Waals surface area contributed by atoms with Crippen molar-refractivity contribution in [2.75, 3.05) is 0 Å². The molecule has 1 heterocycles. The second-order valence-electron chi connectivity index (χ2n) is 13.9. The molecule has 0 aliphatic heterocycles. The third-order valence-electron chi connectivity index (χ3n) is 10.6. The molecule has 0 N–H and O–H groups in total. The summed E-state index contributed by atoms with van der Waals surface area (Å²) in [6.45, 7) is 13.7. The van der Waals surface area contributed by atoms with E-state index in [2.05, 4.69) is 101 Å². The van der Waals surface area contributed by atoms with Gasteiger partial charge in [0.2, 0.25) is 6.71 Å². The van der Waals surface area contributed by atoms with Crippen LogP contribution < -0.4 is 16.4 Å². The van der Waals surface area contributed by atoms with Crippen LogP contribution in [0.4, 0.5) is 0 Å². The predicted molar refractivity (Wildman–Crippen MR) is 168 cm³/mol. The van der Waals surface area contributed by atoms with E-state index in [9.17, 15) is 0 Å². The number of aromatic nitrogens is 3. The average Bonchev–Trinajstić information content (AvgIpc) is 3.38. The molecule has 0 spiro atoms. The van der Waals surface area contributed by atoms with Gasteiger partial charge in [-0.05, 0) is 97.8 Å². The van der Waals surface area contributed by atoms with Crippen LogP contribution in [0.5, 0.6) is 0 Å². The molecule has 204 valence electrons. The third kappa shape index (κ3) is 4.26. The minimum Gasteiger partial charge on any atom is -0.246 e. The van der Waals surface area contributed by atoms with Crippen molar-refractivity contribution in [3.63, 3.8) is 0 Å². The lowest BCUT2D eigenvalue weighted by Crippen LogP contribution is -2.55. The van der Waals surface area contributed by atoms with Gasteiger partial charge in [0, 0.05) is 5.56 Å². The minimum atomic E-state index is 0.166. The van der Waals surface area contributed by atoms with Gasteiger partial charge >= 0.3 is 0 Å². The molecular formula is C36H42BN3. The number of aryl methyl sites for hydroxylation is 6. The maximum absolute atomic E-state index is 4.82. The van der Waals surface area contributed by atoms with Gasteiger partial charge in [-0.2, -0.15) is 0 Å². The quantitative estimate of drug-likeness (QED) is 0.288. The van der Waals surface area contributed by atoms with Crippen molar-refractivity contribution in [1.29, 1.82) is 0 Å². The van der Waals surface area contributed by atoms with Crippen LogP contribution in [-0.2, 0) is 5.54 Å².